The van der Waals surface area contributed by atoms with Crippen molar-refractivity contribution >= 4 is 21.8 Å². The number of aromatic nitrogens is 1. The highest BCUT2D eigenvalue weighted by Crippen LogP contribution is 2.31. The van der Waals surface area contributed by atoms with Gasteiger partial charge in [-0.1, -0.05) is 6.07 Å². The van der Waals surface area contributed by atoms with Gasteiger partial charge in [-0.15, -0.1) is 0 Å². The van der Waals surface area contributed by atoms with E-state index in [9.17, 15) is 4.79 Å². The van der Waals surface area contributed by atoms with E-state index in [4.69, 9.17) is 9.47 Å². The molecule has 26 heavy (non-hydrogen) atoms. The Morgan fingerprint density at radius 3 is 2.65 bits per heavy atom. The fourth-order valence-electron chi connectivity index (χ4n) is 2.91. The summed E-state index contributed by atoms with van der Waals surface area (Å²) in [6, 6.07) is 7.66. The normalized spacial score (nSPS) is 13.3. The van der Waals surface area contributed by atoms with Gasteiger partial charge in [0.2, 0.25) is 0 Å². The molecule has 2 aromatic rings. The predicted octanol–water partition coefficient (Wildman–Crippen LogP) is 3.96. The van der Waals surface area contributed by atoms with Crippen molar-refractivity contribution in [3.05, 3.63) is 52.3 Å². The van der Waals surface area contributed by atoms with E-state index in [-0.39, 0.29) is 5.91 Å². The van der Waals surface area contributed by atoms with Crippen molar-refractivity contribution in [3.63, 3.8) is 0 Å². The van der Waals surface area contributed by atoms with E-state index in [0.717, 1.165) is 23.0 Å². The van der Waals surface area contributed by atoms with Crippen molar-refractivity contribution in [2.75, 3.05) is 27.3 Å². The van der Waals surface area contributed by atoms with Crippen molar-refractivity contribution < 1.29 is 14.3 Å². The number of benzene rings is 1. The highest BCUT2D eigenvalue weighted by molar-refractivity contribution is 9.10. The molecule has 0 unspecified atom stereocenters. The predicted molar refractivity (Wildman–Crippen MR) is 104 cm³/mol. The van der Waals surface area contributed by atoms with Gasteiger partial charge in [-0.25, -0.2) is 0 Å². The molecular formula is C20H23BrN2O3. The molecule has 0 radical (unpaired) electrons. The number of carbonyl (C=O) groups is 1. The molecule has 1 aliphatic carbocycles. The molecule has 1 amide bonds. The number of rotatable bonds is 8. The van der Waals surface area contributed by atoms with Gasteiger partial charge in [0.1, 0.15) is 0 Å². The second-order valence-corrected chi connectivity index (χ2v) is 7.34. The first-order chi connectivity index (χ1) is 12.6. The molecule has 1 aliphatic rings. The Labute approximate surface area is 162 Å². The molecule has 6 heteroatoms. The van der Waals surface area contributed by atoms with E-state index in [0.29, 0.717) is 29.5 Å². The smallest absolute Gasteiger partial charge is 0.255 e. The fraction of sp³-hybridized carbons (Fsp3) is 0.400. The van der Waals surface area contributed by atoms with Crippen LogP contribution in [0.2, 0.25) is 0 Å². The first kappa shape index (κ1) is 18.7. The van der Waals surface area contributed by atoms with Gasteiger partial charge >= 0.3 is 0 Å². The van der Waals surface area contributed by atoms with E-state index in [2.05, 4.69) is 20.9 Å². The van der Waals surface area contributed by atoms with Gasteiger partial charge in [-0.05, 0) is 64.9 Å². The molecule has 138 valence electrons. The van der Waals surface area contributed by atoms with Crippen molar-refractivity contribution in [1.29, 1.82) is 0 Å². The van der Waals surface area contributed by atoms with Crippen LogP contribution in [0.25, 0.3) is 0 Å². The summed E-state index contributed by atoms with van der Waals surface area (Å²) in [4.78, 5) is 19.0. The van der Waals surface area contributed by atoms with E-state index >= 15 is 0 Å². The Hall–Kier alpha value is -2.08. The van der Waals surface area contributed by atoms with Crippen molar-refractivity contribution in [3.8, 4) is 11.5 Å². The fourth-order valence-corrected chi connectivity index (χ4v) is 3.33. The zero-order chi connectivity index (χ0) is 18.5. The van der Waals surface area contributed by atoms with Crippen LogP contribution in [0.1, 0.15) is 28.8 Å². The van der Waals surface area contributed by atoms with E-state index in [1.165, 1.54) is 12.8 Å². The number of hydrogen-bond acceptors (Lipinski definition) is 4. The lowest BCUT2D eigenvalue weighted by Crippen LogP contribution is -2.35. The lowest BCUT2D eigenvalue weighted by atomic mass is 10.1. The quantitative estimate of drug-likeness (QED) is 0.650. The topological polar surface area (TPSA) is 51.7 Å². The van der Waals surface area contributed by atoms with Gasteiger partial charge in [0.05, 0.1) is 19.8 Å². The van der Waals surface area contributed by atoms with Crippen LogP contribution in [0.3, 0.4) is 0 Å². The van der Waals surface area contributed by atoms with Crippen LogP contribution in [-0.2, 0) is 6.42 Å². The van der Waals surface area contributed by atoms with E-state index < -0.39 is 0 Å². The highest BCUT2D eigenvalue weighted by Gasteiger charge is 2.28. The first-order valence-corrected chi connectivity index (χ1v) is 9.51. The van der Waals surface area contributed by atoms with Crippen LogP contribution >= 0.6 is 15.9 Å². The van der Waals surface area contributed by atoms with Gasteiger partial charge in [0.25, 0.3) is 5.91 Å². The second kappa shape index (κ2) is 8.54. The first-order valence-electron chi connectivity index (χ1n) is 8.72. The molecule has 5 nitrogen and oxygen atoms in total. The number of ether oxygens (including phenoxy) is 2. The minimum atomic E-state index is 0.0478. The summed E-state index contributed by atoms with van der Waals surface area (Å²) in [6.07, 6.45) is 6.50. The second-order valence-electron chi connectivity index (χ2n) is 6.49. The van der Waals surface area contributed by atoms with Crippen LogP contribution in [0.5, 0.6) is 11.5 Å². The molecule has 0 saturated heterocycles. The summed E-state index contributed by atoms with van der Waals surface area (Å²) in [5.41, 5.74) is 1.78. The Morgan fingerprint density at radius 2 is 2.00 bits per heavy atom. The third-order valence-corrected chi connectivity index (χ3v) is 5.22. The number of nitrogens with zero attached hydrogens (tertiary/aromatic N) is 2. The molecule has 1 saturated carbocycles. The van der Waals surface area contributed by atoms with Crippen LogP contribution < -0.4 is 9.47 Å². The Morgan fingerprint density at radius 1 is 1.23 bits per heavy atom. The lowest BCUT2D eigenvalue weighted by Gasteiger charge is -2.23. The number of methoxy groups -OCH3 is 2. The number of halogens is 1. The largest absolute Gasteiger partial charge is 0.493 e. The molecule has 3 rings (SSSR count). The van der Waals surface area contributed by atoms with Crippen molar-refractivity contribution in [2.45, 2.75) is 19.3 Å². The minimum Gasteiger partial charge on any atom is -0.493 e. The molecule has 1 aromatic heterocycles. The number of amides is 1. The van der Waals surface area contributed by atoms with Crippen LogP contribution in [0, 0.1) is 5.92 Å². The Balaban J connectivity index is 1.73. The lowest BCUT2D eigenvalue weighted by molar-refractivity contribution is 0.0748. The molecule has 0 N–H and O–H groups in total. The summed E-state index contributed by atoms with van der Waals surface area (Å²) in [5.74, 6) is 2.10. The van der Waals surface area contributed by atoms with Crippen LogP contribution in [0.4, 0.5) is 0 Å². The third kappa shape index (κ3) is 4.55. The molecule has 0 atom stereocenters. The molecular weight excluding hydrogens is 396 g/mol. The average Bonchev–Trinajstić information content (AvgIpc) is 3.48. The highest BCUT2D eigenvalue weighted by atomic mass is 79.9. The maximum Gasteiger partial charge on any atom is 0.255 e. The zero-order valence-corrected chi connectivity index (χ0v) is 16.7. The van der Waals surface area contributed by atoms with Crippen LogP contribution in [-0.4, -0.2) is 43.1 Å². The molecule has 0 bridgehead atoms. The van der Waals surface area contributed by atoms with Crippen molar-refractivity contribution in [2.24, 2.45) is 5.92 Å². The maximum atomic E-state index is 13.0. The summed E-state index contributed by atoms with van der Waals surface area (Å²) in [7, 11) is 3.26. The third-order valence-electron chi connectivity index (χ3n) is 4.58. The van der Waals surface area contributed by atoms with E-state index in [1.54, 1.807) is 32.7 Å². The van der Waals surface area contributed by atoms with Gasteiger partial charge < -0.3 is 14.4 Å². The average molecular weight is 419 g/mol. The SMILES string of the molecule is COc1ccc(CCN(CC2CC2)C(=O)c2ccncc2Br)cc1OC. The van der Waals surface area contributed by atoms with E-state index in [1.807, 2.05) is 23.1 Å². The Kier molecular flexibility index (Phi) is 6.14. The summed E-state index contributed by atoms with van der Waals surface area (Å²) in [6.45, 7) is 1.47. The molecule has 1 fully saturated rings. The summed E-state index contributed by atoms with van der Waals surface area (Å²) in [5, 5.41) is 0. The minimum absolute atomic E-state index is 0.0478. The van der Waals surface area contributed by atoms with Gasteiger partial charge in [0.15, 0.2) is 11.5 Å². The van der Waals surface area contributed by atoms with Gasteiger partial charge in [0, 0.05) is 30.0 Å². The molecule has 1 aromatic carbocycles. The van der Waals surface area contributed by atoms with Crippen LogP contribution in [0.15, 0.2) is 41.1 Å². The van der Waals surface area contributed by atoms with Crippen molar-refractivity contribution in [1.82, 2.24) is 9.88 Å². The summed E-state index contributed by atoms with van der Waals surface area (Å²) >= 11 is 3.44. The standard InChI is InChI=1S/C20H23BrN2O3/c1-25-18-6-5-14(11-19(18)26-2)8-10-23(13-15-3-4-15)20(24)16-7-9-22-12-17(16)21/h5-7,9,11-12,15H,3-4,8,10,13H2,1-2H3. The Bertz CT molecular complexity index is 777. The molecule has 0 aliphatic heterocycles. The molecule has 0 spiro atoms. The molecule has 1 heterocycles. The maximum absolute atomic E-state index is 13.0. The number of hydrogen-bond donors (Lipinski definition) is 0. The van der Waals surface area contributed by atoms with Gasteiger partial charge in [-0.3, -0.25) is 9.78 Å². The number of carbonyl (C=O) groups excluding carboxylic acids is 1. The number of pyridine rings is 1. The monoisotopic (exact) mass is 418 g/mol. The zero-order valence-electron chi connectivity index (χ0n) is 15.1. The van der Waals surface area contributed by atoms with Gasteiger partial charge in [-0.2, -0.15) is 0 Å². The summed E-state index contributed by atoms with van der Waals surface area (Å²) < 4.78 is 11.4.